The fourth-order valence-electron chi connectivity index (χ4n) is 15.7. The molecule has 0 aromatic heterocycles. The molecule has 11 N–H and O–H groups in total. The molecule has 8 rings (SSSR count). The average molecular weight is 957 g/mol. The second-order valence-electron chi connectivity index (χ2n) is 22.8. The summed E-state index contributed by atoms with van der Waals surface area (Å²) in [4.78, 5) is 27.6. The van der Waals surface area contributed by atoms with Crippen molar-refractivity contribution in [3.63, 3.8) is 0 Å². The van der Waals surface area contributed by atoms with Crippen LogP contribution in [0, 0.1) is 56.7 Å². The highest BCUT2D eigenvalue weighted by Gasteiger charge is 2.74. The number of aldehydes is 1. The minimum Gasteiger partial charge on any atom is -0.432 e. The van der Waals surface area contributed by atoms with Crippen LogP contribution in [-0.2, 0) is 38.0 Å². The average Bonchev–Trinajstić information content (AvgIpc) is 3.70. The number of aliphatic hydroxyl groups excluding tert-OH is 11. The minimum atomic E-state index is -1.89. The van der Waals surface area contributed by atoms with Gasteiger partial charge in [-0.15, -0.1) is 0 Å². The summed E-state index contributed by atoms with van der Waals surface area (Å²) in [6.45, 7) is 15.2. The zero-order chi connectivity index (χ0) is 49.1. The predicted molar refractivity (Wildman–Crippen MR) is 230 cm³/mol. The Morgan fingerprint density at radius 3 is 1.99 bits per heavy atom. The summed E-state index contributed by atoms with van der Waals surface area (Å²) in [7, 11) is 0. The Morgan fingerprint density at radius 1 is 0.716 bits per heavy atom. The number of esters is 1. The van der Waals surface area contributed by atoms with Gasteiger partial charge in [-0.2, -0.15) is 0 Å². The Hall–Kier alpha value is -1.76. The maximum absolute atomic E-state index is 14.9. The highest BCUT2D eigenvalue weighted by atomic mass is 16.8. The van der Waals surface area contributed by atoms with E-state index < -0.39 is 140 Å². The Balaban J connectivity index is 0.967. The molecule has 0 aromatic rings. The first-order valence-electron chi connectivity index (χ1n) is 24.3. The molecule has 5 aliphatic carbocycles. The summed E-state index contributed by atoms with van der Waals surface area (Å²) < 4.78 is 34.7. The normalized spacial score (nSPS) is 56.4. The summed E-state index contributed by atoms with van der Waals surface area (Å²) in [5.74, 6) is -1.30. The standard InChI is InChI=1S/C48H76O19/c1-20(2)22-8-13-48(15-14-46(6)23(29(22)48)16-24(51)39-44(4)11-10-28(52)45(5,19-50)27(44)9-12-47(39,46)7)43(61)67-41-37(60)34(57)38(21(3)63-41)66-42-36(59)33(56)31(54)26(65-42)18-62-40-35(58)32(55)30(53)25(17-49)64-40/h19,21-42,49,51-60H,1,8-18H2,2-7H3. The number of hydrogen-bond donors (Lipinski definition) is 11. The van der Waals surface area contributed by atoms with E-state index in [1.54, 1.807) is 0 Å². The van der Waals surface area contributed by atoms with Crippen molar-refractivity contribution in [1.29, 1.82) is 0 Å². The van der Waals surface area contributed by atoms with Gasteiger partial charge in [0.15, 0.2) is 12.6 Å². The minimum absolute atomic E-state index is 0.0682. The van der Waals surface area contributed by atoms with Gasteiger partial charge in [-0.1, -0.05) is 39.8 Å². The fraction of sp³-hybridized carbons (Fsp3) is 0.917. The van der Waals surface area contributed by atoms with Crippen LogP contribution >= 0.6 is 0 Å². The number of carbonyl (C=O) groups excluding carboxylic acids is 2. The second kappa shape index (κ2) is 18.4. The van der Waals surface area contributed by atoms with Crippen LogP contribution in [0.4, 0.5) is 0 Å². The summed E-state index contributed by atoms with van der Waals surface area (Å²) in [6, 6.07) is 0. The van der Waals surface area contributed by atoms with Crippen LogP contribution in [0.2, 0.25) is 0 Å². The maximum atomic E-state index is 14.9. The zero-order valence-corrected chi connectivity index (χ0v) is 39.4. The van der Waals surface area contributed by atoms with Gasteiger partial charge in [0.1, 0.15) is 73.4 Å². The van der Waals surface area contributed by atoms with E-state index in [4.69, 9.17) is 28.4 Å². The Kier molecular flexibility index (Phi) is 14.1. The largest absolute Gasteiger partial charge is 0.432 e. The molecule has 5 saturated carbocycles. The van der Waals surface area contributed by atoms with E-state index in [0.29, 0.717) is 44.9 Å². The summed E-state index contributed by atoms with van der Waals surface area (Å²) in [6.07, 6.45) is -19.9. The first-order valence-corrected chi connectivity index (χ1v) is 24.3. The molecule has 8 fully saturated rings. The van der Waals surface area contributed by atoms with Gasteiger partial charge in [-0.3, -0.25) is 4.79 Å². The molecule has 382 valence electrons. The topological polar surface area (TPSA) is 312 Å². The zero-order valence-electron chi connectivity index (χ0n) is 39.4. The number of carbonyl (C=O) groups is 2. The molecule has 0 bridgehead atoms. The smallest absolute Gasteiger partial charge is 0.314 e. The Labute approximate surface area is 391 Å². The number of allylic oxidation sites excluding steroid dienone is 1. The Bertz CT molecular complexity index is 1840. The number of hydrogen-bond acceptors (Lipinski definition) is 19. The van der Waals surface area contributed by atoms with Crippen LogP contribution in [0.1, 0.15) is 99.3 Å². The van der Waals surface area contributed by atoms with Gasteiger partial charge in [0.25, 0.3) is 0 Å². The van der Waals surface area contributed by atoms with Crippen molar-refractivity contribution in [3.05, 3.63) is 12.2 Å². The third-order valence-electron chi connectivity index (χ3n) is 19.6. The number of ether oxygens (including phenoxy) is 6. The van der Waals surface area contributed by atoms with Crippen LogP contribution in [0.5, 0.6) is 0 Å². The van der Waals surface area contributed by atoms with E-state index in [1.807, 2.05) is 13.8 Å². The number of fused-ring (bicyclic) bond motifs is 7. The lowest BCUT2D eigenvalue weighted by Gasteiger charge is -2.73. The van der Waals surface area contributed by atoms with Crippen molar-refractivity contribution in [3.8, 4) is 0 Å². The van der Waals surface area contributed by atoms with E-state index >= 15 is 0 Å². The molecule has 19 nitrogen and oxygen atoms in total. The van der Waals surface area contributed by atoms with E-state index in [2.05, 4.69) is 27.4 Å². The van der Waals surface area contributed by atoms with Gasteiger partial charge in [0.05, 0.1) is 42.4 Å². The molecule has 0 amide bonds. The predicted octanol–water partition coefficient (Wildman–Crippen LogP) is -0.826. The molecule has 0 radical (unpaired) electrons. The molecule has 27 atom stereocenters. The molecule has 3 aliphatic heterocycles. The van der Waals surface area contributed by atoms with Crippen LogP contribution in [0.25, 0.3) is 0 Å². The van der Waals surface area contributed by atoms with Crippen LogP contribution in [0.3, 0.4) is 0 Å². The monoisotopic (exact) mass is 956 g/mol. The van der Waals surface area contributed by atoms with Crippen molar-refractivity contribution < 1.29 is 94.2 Å². The molecule has 67 heavy (non-hydrogen) atoms. The van der Waals surface area contributed by atoms with Crippen molar-refractivity contribution in [2.75, 3.05) is 13.2 Å². The van der Waals surface area contributed by atoms with E-state index in [1.165, 1.54) is 6.92 Å². The van der Waals surface area contributed by atoms with Gasteiger partial charge in [-0.25, -0.2) is 0 Å². The molecule has 19 heteroatoms. The second-order valence-corrected chi connectivity index (χ2v) is 22.8. The summed E-state index contributed by atoms with van der Waals surface area (Å²) in [5, 5.41) is 119. The first kappa shape index (κ1) is 51.6. The molecule has 3 saturated heterocycles. The third-order valence-corrected chi connectivity index (χ3v) is 19.6. The van der Waals surface area contributed by atoms with Gasteiger partial charge < -0.3 is 89.4 Å². The lowest BCUT2D eigenvalue weighted by Crippen LogP contribution is -2.70. The molecular formula is C48H76O19. The van der Waals surface area contributed by atoms with Gasteiger partial charge in [0, 0.05) is 0 Å². The molecule has 3 heterocycles. The lowest BCUT2D eigenvalue weighted by atomic mass is 9.31. The van der Waals surface area contributed by atoms with Crippen LogP contribution in [-0.4, -0.2) is 186 Å². The first-order chi connectivity index (χ1) is 31.4. The van der Waals surface area contributed by atoms with Crippen molar-refractivity contribution >= 4 is 12.3 Å². The molecule has 0 spiro atoms. The Morgan fingerprint density at radius 2 is 1.34 bits per heavy atom. The van der Waals surface area contributed by atoms with Gasteiger partial charge in [0.2, 0.25) is 6.29 Å². The van der Waals surface area contributed by atoms with Crippen molar-refractivity contribution in [2.45, 2.75) is 204 Å². The fourth-order valence-corrected chi connectivity index (χ4v) is 15.7. The molecule has 0 aromatic carbocycles. The van der Waals surface area contributed by atoms with Gasteiger partial charge in [-0.05, 0) is 117 Å². The molecular weight excluding hydrogens is 881 g/mol. The molecule has 27 unspecified atom stereocenters. The van der Waals surface area contributed by atoms with E-state index in [9.17, 15) is 65.8 Å². The number of rotatable bonds is 10. The summed E-state index contributed by atoms with van der Waals surface area (Å²) >= 11 is 0. The summed E-state index contributed by atoms with van der Waals surface area (Å²) in [5.41, 5.74) is -2.14. The SMILES string of the molecule is C=C(C)C1CCC2(C(=O)OC3OC(C)C(OC4OC(COC5OC(CO)C(O)C(O)C5O)C(O)C(O)C4O)C(O)C3O)CCC3(C)C(CC(O)C4C5(C)CCC(O)C(C)(C=O)C5CCC43C)C12. The van der Waals surface area contributed by atoms with E-state index in [-0.39, 0.29) is 40.4 Å². The van der Waals surface area contributed by atoms with Gasteiger partial charge >= 0.3 is 5.97 Å². The molecule has 8 aliphatic rings. The van der Waals surface area contributed by atoms with Crippen molar-refractivity contribution in [2.24, 2.45) is 56.7 Å². The highest BCUT2D eigenvalue weighted by Crippen LogP contribution is 2.77. The lowest BCUT2D eigenvalue weighted by molar-refractivity contribution is -0.360. The number of aliphatic hydroxyl groups is 11. The quantitative estimate of drug-likeness (QED) is 0.0724. The van der Waals surface area contributed by atoms with Crippen molar-refractivity contribution in [1.82, 2.24) is 0 Å². The van der Waals surface area contributed by atoms with E-state index in [0.717, 1.165) is 24.7 Å². The van der Waals surface area contributed by atoms with Crippen LogP contribution in [0.15, 0.2) is 12.2 Å². The highest BCUT2D eigenvalue weighted by molar-refractivity contribution is 5.78. The van der Waals surface area contributed by atoms with Crippen LogP contribution < -0.4 is 0 Å². The maximum Gasteiger partial charge on any atom is 0.314 e. The third kappa shape index (κ3) is 7.83.